The molecule has 3 rings (SSSR count). The third kappa shape index (κ3) is 2.12. The van der Waals surface area contributed by atoms with Crippen LogP contribution in [0.1, 0.15) is 27.9 Å². The Morgan fingerprint density at radius 2 is 1.86 bits per heavy atom. The second-order valence-electron chi connectivity index (χ2n) is 5.71. The van der Waals surface area contributed by atoms with Crippen molar-refractivity contribution in [2.75, 3.05) is 11.9 Å². The Balaban J connectivity index is 2.01. The first-order valence-electron chi connectivity index (χ1n) is 7.13. The highest BCUT2D eigenvalue weighted by molar-refractivity contribution is 6.10. The first-order chi connectivity index (χ1) is 10.4. The Hall–Kier alpha value is -2.46. The monoisotopic (exact) mass is 295 g/mol. The van der Waals surface area contributed by atoms with Gasteiger partial charge in [0.2, 0.25) is 0 Å². The average Bonchev–Trinajstić information content (AvgIpc) is 2.70. The van der Waals surface area contributed by atoms with E-state index >= 15 is 0 Å². The van der Waals surface area contributed by atoms with E-state index in [0.717, 1.165) is 5.56 Å². The molecule has 0 fully saturated rings. The van der Waals surface area contributed by atoms with Crippen LogP contribution in [0.4, 0.5) is 5.69 Å². The summed E-state index contributed by atoms with van der Waals surface area (Å²) in [6.45, 7) is 1.89. The van der Waals surface area contributed by atoms with Gasteiger partial charge < -0.3 is 10.0 Å². The number of hydrogen-bond donors (Lipinski definition) is 1. The van der Waals surface area contributed by atoms with E-state index in [-0.39, 0.29) is 12.2 Å². The maximum Gasteiger partial charge on any atom is 0.263 e. The van der Waals surface area contributed by atoms with E-state index in [0.29, 0.717) is 16.8 Å². The molecule has 0 spiro atoms. The fraction of sp³-hybridized carbons (Fsp3) is 0.222. The summed E-state index contributed by atoms with van der Waals surface area (Å²) in [6, 6.07) is 14.2. The highest BCUT2D eigenvalue weighted by atomic mass is 16.3. The van der Waals surface area contributed by atoms with Gasteiger partial charge in [-0.1, -0.05) is 48.0 Å². The Bertz CT molecular complexity index is 754. The van der Waals surface area contributed by atoms with Crippen molar-refractivity contribution in [2.45, 2.75) is 18.9 Å². The van der Waals surface area contributed by atoms with Crippen LogP contribution < -0.4 is 4.90 Å². The second kappa shape index (κ2) is 5.07. The number of rotatable bonds is 3. The van der Waals surface area contributed by atoms with Crippen molar-refractivity contribution in [1.29, 1.82) is 0 Å². The molecule has 0 aliphatic carbocycles. The maximum absolute atomic E-state index is 12.5. The van der Waals surface area contributed by atoms with Crippen molar-refractivity contribution >= 4 is 17.4 Å². The van der Waals surface area contributed by atoms with Crippen molar-refractivity contribution in [3.8, 4) is 0 Å². The third-order valence-electron chi connectivity index (χ3n) is 4.13. The molecular formula is C18H17NO3. The predicted octanol–water partition coefficient (Wildman–Crippen LogP) is 2.43. The number of aryl methyl sites for hydroxylation is 1. The lowest BCUT2D eigenvalue weighted by Gasteiger charge is -2.21. The Kier molecular flexibility index (Phi) is 3.34. The van der Waals surface area contributed by atoms with Gasteiger partial charge in [0, 0.05) is 18.2 Å². The third-order valence-corrected chi connectivity index (χ3v) is 4.13. The van der Waals surface area contributed by atoms with Gasteiger partial charge in [-0.25, -0.2) is 0 Å². The van der Waals surface area contributed by atoms with Crippen LogP contribution in [0.15, 0.2) is 48.5 Å². The summed E-state index contributed by atoms with van der Waals surface area (Å²) in [7, 11) is 1.61. The molecule has 1 aliphatic rings. The lowest BCUT2D eigenvalue weighted by Crippen LogP contribution is -2.40. The Labute approximate surface area is 129 Å². The molecule has 4 heteroatoms. The van der Waals surface area contributed by atoms with Gasteiger partial charge in [-0.15, -0.1) is 0 Å². The molecule has 2 aromatic rings. The van der Waals surface area contributed by atoms with Crippen molar-refractivity contribution < 1.29 is 14.7 Å². The topological polar surface area (TPSA) is 57.6 Å². The summed E-state index contributed by atoms with van der Waals surface area (Å²) in [5.74, 6) is -0.711. The van der Waals surface area contributed by atoms with E-state index in [4.69, 9.17) is 0 Å². The summed E-state index contributed by atoms with van der Waals surface area (Å²) < 4.78 is 0. The normalized spacial score (nSPS) is 20.1. The highest BCUT2D eigenvalue weighted by Gasteiger charge is 2.49. The molecule has 1 aliphatic heterocycles. The Morgan fingerprint density at radius 1 is 1.18 bits per heavy atom. The van der Waals surface area contributed by atoms with Gasteiger partial charge >= 0.3 is 0 Å². The van der Waals surface area contributed by atoms with Gasteiger partial charge in [0.05, 0.1) is 12.1 Å². The van der Waals surface area contributed by atoms with E-state index in [9.17, 15) is 14.7 Å². The molecule has 1 atom stereocenters. The molecule has 0 saturated heterocycles. The lowest BCUT2D eigenvalue weighted by atomic mass is 9.87. The van der Waals surface area contributed by atoms with Gasteiger partial charge in [0.25, 0.3) is 5.91 Å². The van der Waals surface area contributed by atoms with Crippen LogP contribution in [0.2, 0.25) is 0 Å². The zero-order valence-electron chi connectivity index (χ0n) is 12.5. The molecule has 1 heterocycles. The SMILES string of the molecule is Cc1ccc2c(c1)[C@@](O)(CC(=O)c1ccccc1)C(=O)N2C. The molecule has 0 saturated carbocycles. The molecule has 0 radical (unpaired) electrons. The summed E-state index contributed by atoms with van der Waals surface area (Å²) in [4.78, 5) is 26.3. The van der Waals surface area contributed by atoms with Crippen molar-refractivity contribution in [1.82, 2.24) is 0 Å². The molecule has 112 valence electrons. The zero-order chi connectivity index (χ0) is 15.9. The molecule has 1 N–H and O–H groups in total. The number of likely N-dealkylation sites (N-methyl/N-ethyl adjacent to an activating group) is 1. The number of aliphatic hydroxyl groups is 1. The maximum atomic E-state index is 12.5. The Morgan fingerprint density at radius 3 is 2.55 bits per heavy atom. The largest absolute Gasteiger partial charge is 0.375 e. The number of amides is 1. The summed E-state index contributed by atoms with van der Waals surface area (Å²) >= 11 is 0. The molecule has 0 unspecified atom stereocenters. The standard InChI is InChI=1S/C18H17NO3/c1-12-8-9-15-14(10-12)18(22,17(21)19(15)2)11-16(20)13-6-4-3-5-7-13/h3-10,22H,11H2,1-2H3/t18-/m0/s1. The number of benzene rings is 2. The molecule has 0 bridgehead atoms. The highest BCUT2D eigenvalue weighted by Crippen LogP contribution is 2.42. The molecule has 2 aromatic carbocycles. The summed E-state index contributed by atoms with van der Waals surface area (Å²) in [5.41, 5.74) is 0.798. The van der Waals surface area contributed by atoms with Crippen LogP contribution in [0.5, 0.6) is 0 Å². The first-order valence-corrected chi connectivity index (χ1v) is 7.13. The van der Waals surface area contributed by atoms with Crippen LogP contribution in [0, 0.1) is 6.92 Å². The van der Waals surface area contributed by atoms with Gasteiger partial charge in [0.15, 0.2) is 11.4 Å². The van der Waals surface area contributed by atoms with Gasteiger partial charge in [-0.05, 0) is 13.0 Å². The van der Waals surface area contributed by atoms with Crippen molar-refractivity contribution in [2.24, 2.45) is 0 Å². The minimum absolute atomic E-state index is 0.251. The van der Waals surface area contributed by atoms with Crippen molar-refractivity contribution in [3.05, 3.63) is 65.2 Å². The summed E-state index contributed by atoms with van der Waals surface area (Å²) in [5, 5.41) is 10.9. The van der Waals surface area contributed by atoms with E-state index in [1.54, 1.807) is 43.4 Å². The summed E-state index contributed by atoms with van der Waals surface area (Å²) in [6.07, 6.45) is -0.253. The van der Waals surface area contributed by atoms with Crippen LogP contribution in [0.3, 0.4) is 0 Å². The van der Waals surface area contributed by atoms with E-state index in [1.807, 2.05) is 19.1 Å². The van der Waals surface area contributed by atoms with Crippen molar-refractivity contribution in [3.63, 3.8) is 0 Å². The number of anilines is 1. The second-order valence-corrected chi connectivity index (χ2v) is 5.71. The number of ketones is 1. The van der Waals surface area contributed by atoms with Crippen LogP contribution in [-0.2, 0) is 10.4 Å². The lowest BCUT2D eigenvalue weighted by molar-refractivity contribution is -0.135. The van der Waals surface area contributed by atoms with Gasteiger partial charge in [0.1, 0.15) is 0 Å². The minimum atomic E-state index is -1.79. The van der Waals surface area contributed by atoms with E-state index < -0.39 is 11.5 Å². The number of fused-ring (bicyclic) bond motifs is 1. The van der Waals surface area contributed by atoms with Crippen LogP contribution >= 0.6 is 0 Å². The zero-order valence-corrected chi connectivity index (χ0v) is 12.5. The van der Waals surface area contributed by atoms with Gasteiger partial charge in [-0.2, -0.15) is 0 Å². The molecular weight excluding hydrogens is 278 g/mol. The molecule has 1 amide bonds. The van der Waals surface area contributed by atoms with Crippen LogP contribution in [0.25, 0.3) is 0 Å². The number of hydrogen-bond acceptors (Lipinski definition) is 3. The smallest absolute Gasteiger partial charge is 0.263 e. The predicted molar refractivity (Wildman–Crippen MR) is 83.9 cm³/mol. The first kappa shape index (κ1) is 14.5. The van der Waals surface area contributed by atoms with E-state index in [1.165, 1.54) is 4.90 Å². The number of carbonyl (C=O) groups excluding carboxylic acids is 2. The van der Waals surface area contributed by atoms with Gasteiger partial charge in [-0.3, -0.25) is 9.59 Å². The fourth-order valence-electron chi connectivity index (χ4n) is 2.90. The molecule has 0 aromatic heterocycles. The molecule has 4 nitrogen and oxygen atoms in total. The number of nitrogens with zero attached hydrogens (tertiary/aromatic N) is 1. The fourth-order valence-corrected chi connectivity index (χ4v) is 2.90. The minimum Gasteiger partial charge on any atom is -0.375 e. The quantitative estimate of drug-likeness (QED) is 0.885. The van der Waals surface area contributed by atoms with Crippen LogP contribution in [-0.4, -0.2) is 23.8 Å². The number of carbonyl (C=O) groups is 2. The average molecular weight is 295 g/mol. The number of Topliss-reactive ketones (excluding diaryl/α,β-unsaturated/α-hetero) is 1. The van der Waals surface area contributed by atoms with E-state index in [2.05, 4.69) is 0 Å². The molecule has 22 heavy (non-hydrogen) atoms.